The molecule has 2 aromatic carbocycles. The van der Waals surface area contributed by atoms with Crippen molar-refractivity contribution in [2.45, 2.75) is 13.3 Å². The molecule has 1 nitrogen and oxygen atoms in total. The van der Waals surface area contributed by atoms with Crippen molar-refractivity contribution < 1.29 is 0 Å². The van der Waals surface area contributed by atoms with Crippen molar-refractivity contribution in [2.24, 2.45) is 4.99 Å². The van der Waals surface area contributed by atoms with E-state index in [-0.39, 0.29) is 0 Å². The summed E-state index contributed by atoms with van der Waals surface area (Å²) in [4.78, 5) is 4.70. The molecule has 0 aliphatic rings. The summed E-state index contributed by atoms with van der Waals surface area (Å²) in [5.74, 6) is 0. The number of aliphatic imine (C=N–C) groups is 1. The van der Waals surface area contributed by atoms with E-state index in [0.717, 1.165) is 18.7 Å². The fraction of sp³-hybridized carbons (Fsp3) is 0.188. The highest BCUT2D eigenvalue weighted by atomic mass is 14.7. The molecule has 0 spiro atoms. The molecule has 17 heavy (non-hydrogen) atoms. The van der Waals surface area contributed by atoms with Crippen LogP contribution >= 0.6 is 0 Å². The van der Waals surface area contributed by atoms with E-state index in [2.05, 4.69) is 55.5 Å². The van der Waals surface area contributed by atoms with Gasteiger partial charge in [0.1, 0.15) is 0 Å². The van der Waals surface area contributed by atoms with E-state index < -0.39 is 0 Å². The van der Waals surface area contributed by atoms with Crippen LogP contribution in [-0.4, -0.2) is 12.3 Å². The molecule has 0 aliphatic heterocycles. The maximum Gasteiger partial charge on any atom is 0.0718 e. The van der Waals surface area contributed by atoms with E-state index in [1.807, 2.05) is 12.1 Å². The van der Waals surface area contributed by atoms with Crippen molar-refractivity contribution >= 4 is 5.71 Å². The number of nitrogens with zero attached hydrogens (tertiary/aromatic N) is 1. The van der Waals surface area contributed by atoms with Gasteiger partial charge in [0.2, 0.25) is 0 Å². The van der Waals surface area contributed by atoms with Crippen LogP contribution in [0, 0.1) is 0 Å². The average Bonchev–Trinajstić information content (AvgIpc) is 2.42. The number of benzene rings is 2. The van der Waals surface area contributed by atoms with Gasteiger partial charge in [-0.3, -0.25) is 4.99 Å². The number of hydrogen-bond donors (Lipinski definition) is 0. The van der Waals surface area contributed by atoms with E-state index in [9.17, 15) is 0 Å². The zero-order chi connectivity index (χ0) is 11.9. The van der Waals surface area contributed by atoms with Gasteiger partial charge in [-0.2, -0.15) is 0 Å². The minimum absolute atomic E-state index is 0.874. The first-order chi connectivity index (χ1) is 8.42. The van der Waals surface area contributed by atoms with Gasteiger partial charge in [0.25, 0.3) is 0 Å². The average molecular weight is 223 g/mol. The number of hydrogen-bond acceptors (Lipinski definition) is 1. The second-order valence-electron chi connectivity index (χ2n) is 3.96. The van der Waals surface area contributed by atoms with Gasteiger partial charge in [-0.1, -0.05) is 67.6 Å². The Hall–Kier alpha value is -1.89. The Bertz CT molecular complexity index is 430. The molecule has 0 unspecified atom stereocenters. The predicted molar refractivity (Wildman–Crippen MR) is 73.7 cm³/mol. The van der Waals surface area contributed by atoms with Crippen molar-refractivity contribution in [1.82, 2.24) is 0 Å². The molecule has 0 fully saturated rings. The second-order valence-corrected chi connectivity index (χ2v) is 3.96. The molecule has 0 bridgehead atoms. The highest BCUT2D eigenvalue weighted by Crippen LogP contribution is 2.10. The maximum atomic E-state index is 4.70. The van der Waals surface area contributed by atoms with Gasteiger partial charge in [-0.15, -0.1) is 0 Å². The Morgan fingerprint density at radius 1 is 0.824 bits per heavy atom. The molecule has 0 heterocycles. The van der Waals surface area contributed by atoms with Gasteiger partial charge in [0, 0.05) is 17.7 Å². The fourth-order valence-corrected chi connectivity index (χ4v) is 1.76. The van der Waals surface area contributed by atoms with E-state index in [1.165, 1.54) is 11.1 Å². The SMILES string of the molecule is CCCN=C(c1ccccc1)c1ccccc1. The van der Waals surface area contributed by atoms with Gasteiger partial charge in [0.05, 0.1) is 5.71 Å². The van der Waals surface area contributed by atoms with Crippen molar-refractivity contribution in [3.05, 3.63) is 71.8 Å². The molecule has 2 aromatic rings. The molecule has 0 aromatic heterocycles. The minimum atomic E-state index is 0.874. The smallest absolute Gasteiger partial charge is 0.0718 e. The summed E-state index contributed by atoms with van der Waals surface area (Å²) in [5, 5.41) is 0. The molecule has 2 rings (SSSR count). The maximum absolute atomic E-state index is 4.70. The molecule has 0 saturated carbocycles. The van der Waals surface area contributed by atoms with Crippen molar-refractivity contribution in [1.29, 1.82) is 0 Å². The van der Waals surface area contributed by atoms with Crippen molar-refractivity contribution in [3.63, 3.8) is 0 Å². The predicted octanol–water partition coefficient (Wildman–Crippen LogP) is 3.93. The first-order valence-corrected chi connectivity index (χ1v) is 6.07. The van der Waals surface area contributed by atoms with Crippen LogP contribution in [0.4, 0.5) is 0 Å². The lowest BCUT2D eigenvalue weighted by Gasteiger charge is -2.07. The van der Waals surface area contributed by atoms with Gasteiger partial charge >= 0.3 is 0 Å². The summed E-state index contributed by atoms with van der Waals surface area (Å²) in [7, 11) is 0. The molecule has 0 aliphatic carbocycles. The third kappa shape index (κ3) is 3.04. The van der Waals surface area contributed by atoms with Crippen LogP contribution in [0.1, 0.15) is 24.5 Å². The van der Waals surface area contributed by atoms with Crippen LogP contribution in [0.3, 0.4) is 0 Å². The summed E-state index contributed by atoms with van der Waals surface area (Å²) in [6.45, 7) is 3.02. The monoisotopic (exact) mass is 223 g/mol. The lowest BCUT2D eigenvalue weighted by atomic mass is 10.0. The molecule has 0 amide bonds. The second kappa shape index (κ2) is 6.00. The van der Waals surface area contributed by atoms with Gasteiger partial charge in [-0.25, -0.2) is 0 Å². The van der Waals surface area contributed by atoms with Crippen molar-refractivity contribution in [3.8, 4) is 0 Å². The molecule has 0 N–H and O–H groups in total. The summed E-state index contributed by atoms with van der Waals surface area (Å²) in [6, 6.07) is 20.7. The van der Waals surface area contributed by atoms with Crippen LogP contribution in [0.5, 0.6) is 0 Å². The molecule has 86 valence electrons. The minimum Gasteiger partial charge on any atom is -0.284 e. The molecule has 0 saturated heterocycles. The Morgan fingerprint density at radius 3 is 1.71 bits per heavy atom. The molecule has 0 radical (unpaired) electrons. The van der Waals surface area contributed by atoms with Gasteiger partial charge < -0.3 is 0 Å². The highest BCUT2D eigenvalue weighted by molar-refractivity contribution is 6.12. The summed E-state index contributed by atoms with van der Waals surface area (Å²) in [6.07, 6.45) is 1.07. The quantitative estimate of drug-likeness (QED) is 0.696. The van der Waals surface area contributed by atoms with Gasteiger partial charge in [-0.05, 0) is 6.42 Å². The van der Waals surface area contributed by atoms with Crippen LogP contribution in [-0.2, 0) is 0 Å². The molecular formula is C16H17N. The summed E-state index contributed by atoms with van der Waals surface area (Å²) in [5.41, 5.74) is 3.47. The third-order valence-corrected chi connectivity index (χ3v) is 2.59. The third-order valence-electron chi connectivity index (χ3n) is 2.59. The summed E-state index contributed by atoms with van der Waals surface area (Å²) < 4.78 is 0. The van der Waals surface area contributed by atoms with Crippen molar-refractivity contribution in [2.75, 3.05) is 6.54 Å². The molecule has 0 atom stereocenters. The Labute approximate surface area is 103 Å². The fourth-order valence-electron chi connectivity index (χ4n) is 1.76. The van der Waals surface area contributed by atoms with Crippen LogP contribution in [0.2, 0.25) is 0 Å². The Kier molecular flexibility index (Phi) is 4.09. The van der Waals surface area contributed by atoms with Gasteiger partial charge in [0.15, 0.2) is 0 Å². The first-order valence-electron chi connectivity index (χ1n) is 6.07. The van der Waals surface area contributed by atoms with Crippen LogP contribution in [0.25, 0.3) is 0 Å². The first kappa shape index (κ1) is 11.6. The zero-order valence-corrected chi connectivity index (χ0v) is 10.1. The topological polar surface area (TPSA) is 12.4 Å². The highest BCUT2D eigenvalue weighted by Gasteiger charge is 2.04. The zero-order valence-electron chi connectivity index (χ0n) is 10.1. The normalized spacial score (nSPS) is 9.94. The van der Waals surface area contributed by atoms with E-state index in [0.29, 0.717) is 0 Å². The molecular weight excluding hydrogens is 206 g/mol. The molecule has 1 heteroatoms. The Morgan fingerprint density at radius 2 is 1.29 bits per heavy atom. The lowest BCUT2D eigenvalue weighted by Crippen LogP contribution is -2.04. The van der Waals surface area contributed by atoms with Crippen LogP contribution in [0.15, 0.2) is 65.7 Å². The summed E-state index contributed by atoms with van der Waals surface area (Å²) >= 11 is 0. The lowest BCUT2D eigenvalue weighted by molar-refractivity contribution is 0.933. The standard InChI is InChI=1S/C16H17N/c1-2-13-17-16(14-9-5-3-6-10-14)15-11-7-4-8-12-15/h3-12H,2,13H2,1H3. The van der Waals surface area contributed by atoms with Crippen LogP contribution < -0.4 is 0 Å². The Balaban J connectivity index is 2.40. The van der Waals surface area contributed by atoms with E-state index in [1.54, 1.807) is 0 Å². The largest absolute Gasteiger partial charge is 0.284 e. The number of rotatable bonds is 4. The van der Waals surface area contributed by atoms with E-state index >= 15 is 0 Å². The van der Waals surface area contributed by atoms with E-state index in [4.69, 9.17) is 4.99 Å².